The third-order valence-corrected chi connectivity index (χ3v) is 2.11. The van der Waals surface area contributed by atoms with Crippen LogP contribution in [0.2, 0.25) is 0 Å². The van der Waals surface area contributed by atoms with Crippen molar-refractivity contribution < 1.29 is 17.3 Å². The first-order valence-electron chi connectivity index (χ1n) is 5.18. The zero-order valence-electron chi connectivity index (χ0n) is 9.23. The number of rotatable bonds is 3. The van der Waals surface area contributed by atoms with Gasteiger partial charge in [-0.15, -0.1) is 0 Å². The average molecular weight is 229 g/mol. The van der Waals surface area contributed by atoms with Gasteiger partial charge in [-0.05, 0) is 19.3 Å². The number of nitrogens with zero attached hydrogens (tertiary/aromatic N) is 2. The molecule has 0 spiro atoms. The molecule has 0 atom stereocenters. The monoisotopic (exact) mass is 229 g/mol. The van der Waals surface area contributed by atoms with E-state index in [0.717, 1.165) is 0 Å². The fraction of sp³-hybridized carbons (Fsp3) is 1.00. The number of hydrogen-bond acceptors (Lipinski definition) is 2. The van der Waals surface area contributed by atoms with Crippen molar-refractivity contribution in [1.29, 1.82) is 0 Å². The second-order valence-electron chi connectivity index (χ2n) is 3.54. The highest BCUT2D eigenvalue weighted by Gasteiger charge is 2.20. The smallest absolute Gasteiger partial charge is 0.418 e. The molecule has 7 heteroatoms. The van der Waals surface area contributed by atoms with Gasteiger partial charge in [-0.1, -0.05) is 6.92 Å². The summed E-state index contributed by atoms with van der Waals surface area (Å²) < 4.78 is 39.0. The standard InChI is InChI=1S/C8H18N2.BF4/c1-3-6-9(2)10-7-4-5-8-10;2-1(3,4)5/h3-8H2,1-2H3;/q;-1. The Bertz CT molecular complexity index is 153. The van der Waals surface area contributed by atoms with Gasteiger partial charge in [0.25, 0.3) is 0 Å². The van der Waals surface area contributed by atoms with Gasteiger partial charge in [-0.25, -0.2) is 10.0 Å². The Morgan fingerprint density at radius 3 is 1.87 bits per heavy atom. The average Bonchev–Trinajstić information content (AvgIpc) is 2.52. The SMILES string of the molecule is CCCN(C)N1CCCC1.F[B-](F)(F)F. The van der Waals surface area contributed by atoms with Crippen molar-refractivity contribution in [1.82, 2.24) is 10.0 Å². The molecule has 1 aliphatic rings. The van der Waals surface area contributed by atoms with E-state index >= 15 is 0 Å². The lowest BCUT2D eigenvalue weighted by atomic mass is 10.3. The number of halogens is 4. The molecule has 0 unspecified atom stereocenters. The minimum atomic E-state index is -6.00. The van der Waals surface area contributed by atoms with E-state index in [1.54, 1.807) is 0 Å². The zero-order chi connectivity index (χ0) is 11.9. The van der Waals surface area contributed by atoms with Gasteiger partial charge in [-0.3, -0.25) is 0 Å². The summed E-state index contributed by atoms with van der Waals surface area (Å²) >= 11 is 0. The molecular weight excluding hydrogens is 211 g/mol. The van der Waals surface area contributed by atoms with E-state index in [9.17, 15) is 17.3 Å². The van der Waals surface area contributed by atoms with E-state index in [4.69, 9.17) is 0 Å². The van der Waals surface area contributed by atoms with Crippen molar-refractivity contribution in [3.05, 3.63) is 0 Å². The van der Waals surface area contributed by atoms with Crippen LogP contribution in [-0.4, -0.2) is 44.0 Å². The van der Waals surface area contributed by atoms with Crippen LogP contribution in [0.15, 0.2) is 0 Å². The molecule has 0 aliphatic carbocycles. The van der Waals surface area contributed by atoms with Gasteiger partial charge in [-0.2, -0.15) is 0 Å². The summed E-state index contributed by atoms with van der Waals surface area (Å²) in [5.74, 6) is 0. The topological polar surface area (TPSA) is 6.48 Å². The van der Waals surface area contributed by atoms with Crippen molar-refractivity contribution in [2.24, 2.45) is 0 Å². The molecule has 1 rings (SSSR count). The Labute approximate surface area is 88.3 Å². The van der Waals surface area contributed by atoms with E-state index in [0.29, 0.717) is 0 Å². The molecule has 1 heterocycles. The van der Waals surface area contributed by atoms with Crippen molar-refractivity contribution in [2.75, 3.05) is 26.7 Å². The zero-order valence-corrected chi connectivity index (χ0v) is 9.23. The summed E-state index contributed by atoms with van der Waals surface area (Å²) in [6.45, 7) is 5.99. The first-order valence-corrected chi connectivity index (χ1v) is 5.18. The third-order valence-electron chi connectivity index (χ3n) is 2.11. The van der Waals surface area contributed by atoms with Crippen molar-refractivity contribution >= 4 is 7.25 Å². The van der Waals surface area contributed by atoms with Crippen LogP contribution in [0.3, 0.4) is 0 Å². The van der Waals surface area contributed by atoms with Crippen LogP contribution in [0.5, 0.6) is 0 Å². The molecule has 15 heavy (non-hydrogen) atoms. The maximum absolute atomic E-state index is 9.75. The van der Waals surface area contributed by atoms with E-state index in [2.05, 4.69) is 24.0 Å². The summed E-state index contributed by atoms with van der Waals surface area (Å²) in [6, 6.07) is 0. The normalized spacial score (nSPS) is 17.8. The van der Waals surface area contributed by atoms with E-state index in [1.165, 1.54) is 38.9 Å². The molecule has 1 aliphatic heterocycles. The molecule has 1 fully saturated rings. The fourth-order valence-electron chi connectivity index (χ4n) is 1.51. The molecule has 0 radical (unpaired) electrons. The quantitative estimate of drug-likeness (QED) is 0.542. The minimum Gasteiger partial charge on any atom is -0.418 e. The summed E-state index contributed by atoms with van der Waals surface area (Å²) in [6.07, 6.45) is 4.02. The molecule has 0 aromatic carbocycles. The largest absolute Gasteiger partial charge is 0.673 e. The molecule has 2 nitrogen and oxygen atoms in total. The Balaban J connectivity index is 0.000000336. The van der Waals surface area contributed by atoms with Crippen LogP contribution in [0.4, 0.5) is 17.3 Å². The molecule has 92 valence electrons. The van der Waals surface area contributed by atoms with Gasteiger partial charge in [0.2, 0.25) is 0 Å². The van der Waals surface area contributed by atoms with Gasteiger partial charge in [0.1, 0.15) is 0 Å². The molecule has 1 saturated heterocycles. The number of hydrogen-bond donors (Lipinski definition) is 0. The van der Waals surface area contributed by atoms with E-state index in [1.807, 2.05) is 0 Å². The Kier molecular flexibility index (Phi) is 6.92. The lowest BCUT2D eigenvalue weighted by Gasteiger charge is -2.26. The van der Waals surface area contributed by atoms with Crippen LogP contribution in [0.1, 0.15) is 26.2 Å². The maximum atomic E-state index is 9.75. The second kappa shape index (κ2) is 7.06. The van der Waals surface area contributed by atoms with Gasteiger partial charge in [0, 0.05) is 26.7 Å². The summed E-state index contributed by atoms with van der Waals surface area (Å²) in [5, 5.41) is 4.80. The van der Waals surface area contributed by atoms with E-state index < -0.39 is 7.25 Å². The number of hydrazine groups is 1. The predicted octanol–water partition coefficient (Wildman–Crippen LogP) is 2.64. The summed E-state index contributed by atoms with van der Waals surface area (Å²) in [5.41, 5.74) is 0. The Morgan fingerprint density at radius 2 is 1.53 bits per heavy atom. The lowest BCUT2D eigenvalue weighted by molar-refractivity contribution is 0.0248. The van der Waals surface area contributed by atoms with Crippen LogP contribution >= 0.6 is 0 Å². The van der Waals surface area contributed by atoms with Crippen molar-refractivity contribution in [3.63, 3.8) is 0 Å². The molecular formula is C8H18BF4N2-. The molecule has 0 N–H and O–H groups in total. The fourth-order valence-corrected chi connectivity index (χ4v) is 1.51. The summed E-state index contributed by atoms with van der Waals surface area (Å²) in [7, 11) is -3.81. The summed E-state index contributed by atoms with van der Waals surface area (Å²) in [4.78, 5) is 0. The highest BCUT2D eigenvalue weighted by molar-refractivity contribution is 6.50. The van der Waals surface area contributed by atoms with Gasteiger partial charge < -0.3 is 17.3 Å². The molecule has 0 amide bonds. The van der Waals surface area contributed by atoms with Crippen LogP contribution < -0.4 is 0 Å². The highest BCUT2D eigenvalue weighted by atomic mass is 19.5. The third kappa shape index (κ3) is 10.00. The highest BCUT2D eigenvalue weighted by Crippen LogP contribution is 2.09. The van der Waals surface area contributed by atoms with Crippen LogP contribution in [-0.2, 0) is 0 Å². The van der Waals surface area contributed by atoms with Gasteiger partial charge in [0.05, 0.1) is 0 Å². The Morgan fingerprint density at radius 1 is 1.13 bits per heavy atom. The minimum absolute atomic E-state index is 1.21. The van der Waals surface area contributed by atoms with Crippen molar-refractivity contribution in [2.45, 2.75) is 26.2 Å². The first-order chi connectivity index (χ1) is 6.84. The van der Waals surface area contributed by atoms with Crippen LogP contribution in [0, 0.1) is 0 Å². The van der Waals surface area contributed by atoms with Gasteiger partial charge in [0.15, 0.2) is 0 Å². The lowest BCUT2D eigenvalue weighted by Crippen LogP contribution is -2.37. The molecule has 0 saturated carbocycles. The van der Waals surface area contributed by atoms with Crippen molar-refractivity contribution in [3.8, 4) is 0 Å². The molecule has 0 bridgehead atoms. The maximum Gasteiger partial charge on any atom is 0.673 e. The molecule has 0 aromatic heterocycles. The second-order valence-corrected chi connectivity index (χ2v) is 3.54. The van der Waals surface area contributed by atoms with Gasteiger partial charge >= 0.3 is 7.25 Å². The predicted molar refractivity (Wildman–Crippen MR) is 53.9 cm³/mol. The van der Waals surface area contributed by atoms with E-state index in [-0.39, 0.29) is 0 Å². The van der Waals surface area contributed by atoms with Crippen LogP contribution in [0.25, 0.3) is 0 Å². The first kappa shape index (κ1) is 14.7. The Hall–Kier alpha value is -0.295. The molecule has 0 aromatic rings.